The Kier molecular flexibility index (Phi) is 6.85. The molecule has 1 N–H and O–H groups in total. The van der Waals surface area contributed by atoms with Gasteiger partial charge in [0.25, 0.3) is 5.91 Å². The summed E-state index contributed by atoms with van der Waals surface area (Å²) in [7, 11) is 4.00. The number of amides is 1. The number of hydrogen-bond acceptors (Lipinski definition) is 4. The molecule has 0 atom stereocenters. The lowest BCUT2D eigenvalue weighted by Crippen LogP contribution is -2.45. The van der Waals surface area contributed by atoms with Crippen LogP contribution in [0.25, 0.3) is 0 Å². The molecule has 1 amide bonds. The number of likely N-dealkylation sites (N-methyl/N-ethyl adjacent to an activating group) is 1. The van der Waals surface area contributed by atoms with E-state index >= 15 is 0 Å². The van der Waals surface area contributed by atoms with Crippen molar-refractivity contribution in [1.82, 2.24) is 15.1 Å². The number of benzene rings is 2. The number of piperazine rings is 1. The number of para-hydroxylation sites is 1. The van der Waals surface area contributed by atoms with Crippen molar-refractivity contribution in [2.45, 2.75) is 6.54 Å². The second-order valence-corrected chi connectivity index (χ2v) is 7.35. The van der Waals surface area contributed by atoms with Gasteiger partial charge in [0.05, 0.1) is 0 Å². The normalized spacial score (nSPS) is 15.1. The van der Waals surface area contributed by atoms with Crippen LogP contribution in [0, 0.1) is 0 Å². The molecule has 1 aliphatic rings. The molecule has 0 spiro atoms. The van der Waals surface area contributed by atoms with E-state index in [9.17, 15) is 4.79 Å². The number of anilines is 1. The van der Waals surface area contributed by atoms with Crippen LogP contribution in [0.2, 0.25) is 0 Å². The first-order valence-electron chi connectivity index (χ1n) is 9.66. The zero-order valence-corrected chi connectivity index (χ0v) is 16.4. The third-order valence-electron chi connectivity index (χ3n) is 4.96. The second-order valence-electron chi connectivity index (χ2n) is 7.35. The van der Waals surface area contributed by atoms with Crippen LogP contribution in [0.3, 0.4) is 0 Å². The Bertz CT molecular complexity index is 707. The fraction of sp³-hybridized carbons (Fsp3) is 0.409. The summed E-state index contributed by atoms with van der Waals surface area (Å²) in [6, 6.07) is 18.6. The Hall–Kier alpha value is -2.37. The van der Waals surface area contributed by atoms with Gasteiger partial charge in [-0.1, -0.05) is 30.3 Å². The Balaban J connectivity index is 1.46. The highest BCUT2D eigenvalue weighted by Crippen LogP contribution is 2.17. The van der Waals surface area contributed by atoms with Gasteiger partial charge in [-0.2, -0.15) is 0 Å². The van der Waals surface area contributed by atoms with Crippen molar-refractivity contribution < 1.29 is 4.79 Å². The maximum Gasteiger partial charge on any atom is 0.251 e. The molecule has 0 bridgehead atoms. The molecular formula is C22H30N4O. The predicted molar refractivity (Wildman–Crippen MR) is 111 cm³/mol. The van der Waals surface area contributed by atoms with Gasteiger partial charge in [-0.05, 0) is 43.9 Å². The molecule has 1 saturated heterocycles. The molecule has 27 heavy (non-hydrogen) atoms. The van der Waals surface area contributed by atoms with Gasteiger partial charge in [0.15, 0.2) is 0 Å². The van der Waals surface area contributed by atoms with E-state index in [4.69, 9.17) is 0 Å². The molecule has 1 fully saturated rings. The topological polar surface area (TPSA) is 38.8 Å². The van der Waals surface area contributed by atoms with Crippen LogP contribution in [0.15, 0.2) is 54.6 Å². The van der Waals surface area contributed by atoms with Gasteiger partial charge in [0.1, 0.15) is 0 Å². The minimum Gasteiger partial charge on any atom is -0.369 e. The van der Waals surface area contributed by atoms with Gasteiger partial charge >= 0.3 is 0 Å². The van der Waals surface area contributed by atoms with Gasteiger partial charge in [0, 0.05) is 57.1 Å². The fourth-order valence-electron chi connectivity index (χ4n) is 3.32. The summed E-state index contributed by atoms with van der Waals surface area (Å²) < 4.78 is 0. The molecule has 3 rings (SSSR count). The molecular weight excluding hydrogens is 336 g/mol. The molecule has 1 heterocycles. The lowest BCUT2D eigenvalue weighted by molar-refractivity contribution is 0.0951. The van der Waals surface area contributed by atoms with E-state index in [0.29, 0.717) is 6.54 Å². The summed E-state index contributed by atoms with van der Waals surface area (Å²) in [4.78, 5) is 19.1. The van der Waals surface area contributed by atoms with Crippen molar-refractivity contribution in [2.24, 2.45) is 0 Å². The highest BCUT2D eigenvalue weighted by atomic mass is 16.1. The third-order valence-corrected chi connectivity index (χ3v) is 4.96. The summed E-state index contributed by atoms with van der Waals surface area (Å²) in [5, 5.41) is 2.96. The van der Waals surface area contributed by atoms with Gasteiger partial charge in [-0.25, -0.2) is 0 Å². The molecule has 0 aliphatic carbocycles. The maximum absolute atomic E-state index is 12.2. The number of nitrogens with zero attached hydrogens (tertiary/aromatic N) is 3. The molecule has 5 nitrogen and oxygen atoms in total. The van der Waals surface area contributed by atoms with Crippen LogP contribution in [-0.4, -0.2) is 69.1 Å². The second kappa shape index (κ2) is 9.53. The van der Waals surface area contributed by atoms with Crippen LogP contribution in [0.4, 0.5) is 5.69 Å². The van der Waals surface area contributed by atoms with Crippen LogP contribution < -0.4 is 10.2 Å². The van der Waals surface area contributed by atoms with Crippen LogP contribution >= 0.6 is 0 Å². The smallest absolute Gasteiger partial charge is 0.251 e. The summed E-state index contributed by atoms with van der Waals surface area (Å²) >= 11 is 0. The average molecular weight is 367 g/mol. The van der Waals surface area contributed by atoms with Gasteiger partial charge in [0.2, 0.25) is 0 Å². The van der Waals surface area contributed by atoms with E-state index in [2.05, 4.69) is 62.5 Å². The van der Waals surface area contributed by atoms with E-state index in [1.54, 1.807) is 0 Å². The monoisotopic (exact) mass is 366 g/mol. The summed E-state index contributed by atoms with van der Waals surface area (Å²) in [6.07, 6.45) is 0. The van der Waals surface area contributed by atoms with Crippen LogP contribution in [0.1, 0.15) is 15.9 Å². The van der Waals surface area contributed by atoms with E-state index in [1.807, 2.05) is 26.2 Å². The molecule has 0 saturated carbocycles. The lowest BCUT2D eigenvalue weighted by Gasteiger charge is -2.36. The molecule has 2 aromatic rings. The zero-order chi connectivity index (χ0) is 19.1. The largest absolute Gasteiger partial charge is 0.369 e. The first-order valence-corrected chi connectivity index (χ1v) is 9.66. The predicted octanol–water partition coefficient (Wildman–Crippen LogP) is 2.30. The number of carbonyl (C=O) groups excluding carboxylic acids is 1. The Labute approximate surface area is 162 Å². The number of hydrogen-bond donors (Lipinski definition) is 1. The van der Waals surface area contributed by atoms with Crippen molar-refractivity contribution in [3.63, 3.8) is 0 Å². The first kappa shape index (κ1) is 19.4. The Morgan fingerprint density at radius 3 is 2.26 bits per heavy atom. The SMILES string of the molecule is CN(C)CCNC(=O)c1ccc(CN2CCN(c3ccccc3)CC2)cc1. The standard InChI is InChI=1S/C22H30N4O/c1-24(2)13-12-23-22(27)20-10-8-19(9-11-20)18-25-14-16-26(17-15-25)21-6-4-3-5-7-21/h3-11H,12-18H2,1-2H3,(H,23,27). The molecule has 144 valence electrons. The number of carbonyl (C=O) groups is 1. The Morgan fingerprint density at radius 1 is 0.963 bits per heavy atom. The van der Waals surface area contributed by atoms with E-state index in [-0.39, 0.29) is 5.91 Å². The quantitative estimate of drug-likeness (QED) is 0.816. The van der Waals surface area contributed by atoms with E-state index < -0.39 is 0 Å². The first-order chi connectivity index (χ1) is 13.1. The van der Waals surface area contributed by atoms with Crippen molar-refractivity contribution >= 4 is 11.6 Å². The van der Waals surface area contributed by atoms with E-state index in [1.165, 1.54) is 11.3 Å². The average Bonchev–Trinajstić information content (AvgIpc) is 2.69. The highest BCUT2D eigenvalue weighted by molar-refractivity contribution is 5.94. The third kappa shape index (κ3) is 5.81. The van der Waals surface area contributed by atoms with Crippen molar-refractivity contribution in [2.75, 3.05) is 58.3 Å². The van der Waals surface area contributed by atoms with Crippen molar-refractivity contribution in [3.8, 4) is 0 Å². The number of rotatable bonds is 7. The highest BCUT2D eigenvalue weighted by Gasteiger charge is 2.17. The molecule has 5 heteroatoms. The van der Waals surface area contributed by atoms with E-state index in [0.717, 1.165) is 44.8 Å². The molecule has 2 aromatic carbocycles. The van der Waals surface area contributed by atoms with Crippen molar-refractivity contribution in [1.29, 1.82) is 0 Å². The Morgan fingerprint density at radius 2 is 1.63 bits per heavy atom. The fourth-order valence-corrected chi connectivity index (χ4v) is 3.32. The molecule has 0 aromatic heterocycles. The number of nitrogens with one attached hydrogen (secondary N) is 1. The summed E-state index contributed by atoms with van der Waals surface area (Å²) in [5.74, 6) is -0.000115. The summed E-state index contributed by atoms with van der Waals surface area (Å²) in [5.41, 5.74) is 3.29. The maximum atomic E-state index is 12.2. The lowest BCUT2D eigenvalue weighted by atomic mass is 10.1. The van der Waals surface area contributed by atoms with Crippen LogP contribution in [0.5, 0.6) is 0 Å². The van der Waals surface area contributed by atoms with Crippen molar-refractivity contribution in [3.05, 3.63) is 65.7 Å². The van der Waals surface area contributed by atoms with Gasteiger partial charge in [-0.15, -0.1) is 0 Å². The molecule has 0 radical (unpaired) electrons. The van der Waals surface area contributed by atoms with Crippen LogP contribution in [-0.2, 0) is 6.54 Å². The van der Waals surface area contributed by atoms with Gasteiger partial charge in [-0.3, -0.25) is 9.69 Å². The molecule has 0 unspecified atom stereocenters. The minimum atomic E-state index is -0.000115. The minimum absolute atomic E-state index is 0.000115. The van der Waals surface area contributed by atoms with Gasteiger partial charge < -0.3 is 15.1 Å². The molecule has 1 aliphatic heterocycles. The summed E-state index contributed by atoms with van der Waals surface area (Å²) in [6.45, 7) is 6.67. The zero-order valence-electron chi connectivity index (χ0n) is 16.4.